The SMILES string of the molecule is CC1(C)c2ccccc2N(c2ccc3c(c2)-c2cc(N4c5ccccc5C(C)(C)c5ccccc54)ccc2C3(C(F)(F)F)C(F)(F)F)c2ccccc21. The van der Waals surface area contributed by atoms with Gasteiger partial charge in [-0.1, -0.05) is 113 Å². The Kier molecular flexibility index (Phi) is 6.78. The van der Waals surface area contributed by atoms with E-state index in [2.05, 4.69) is 27.7 Å². The van der Waals surface area contributed by atoms with E-state index in [4.69, 9.17) is 0 Å². The first kappa shape index (κ1) is 33.3. The number of para-hydroxylation sites is 4. The maximum absolute atomic E-state index is 15.4. The number of rotatable bonds is 2. The van der Waals surface area contributed by atoms with Crippen LogP contribution in [0.1, 0.15) is 61.1 Å². The lowest BCUT2D eigenvalue weighted by Crippen LogP contribution is -2.53. The number of alkyl halides is 6. The molecule has 53 heavy (non-hydrogen) atoms. The van der Waals surface area contributed by atoms with Gasteiger partial charge in [0.15, 0.2) is 0 Å². The third kappa shape index (κ3) is 4.29. The number of benzene rings is 6. The second-order valence-corrected chi connectivity index (χ2v) is 15.2. The Morgan fingerprint density at radius 3 is 0.943 bits per heavy atom. The van der Waals surface area contributed by atoms with Crippen LogP contribution in [0.3, 0.4) is 0 Å². The fourth-order valence-corrected chi connectivity index (χ4v) is 9.25. The minimum absolute atomic E-state index is 0.104. The zero-order valence-electron chi connectivity index (χ0n) is 29.4. The summed E-state index contributed by atoms with van der Waals surface area (Å²) in [7, 11) is 0. The zero-order chi connectivity index (χ0) is 37.3. The van der Waals surface area contributed by atoms with Crippen LogP contribution < -0.4 is 9.80 Å². The van der Waals surface area contributed by atoms with Crippen molar-refractivity contribution in [3.8, 4) is 11.1 Å². The number of anilines is 6. The fourth-order valence-electron chi connectivity index (χ4n) is 9.25. The molecule has 6 aromatic carbocycles. The van der Waals surface area contributed by atoms with Crippen LogP contribution in [0.4, 0.5) is 60.5 Å². The average molecular weight is 717 g/mol. The van der Waals surface area contributed by atoms with Gasteiger partial charge in [0.05, 0.1) is 22.7 Å². The van der Waals surface area contributed by atoms with E-state index in [-0.39, 0.29) is 11.1 Å². The van der Waals surface area contributed by atoms with Crippen LogP contribution in [0.15, 0.2) is 133 Å². The molecule has 8 heteroatoms. The third-order valence-corrected chi connectivity index (χ3v) is 11.7. The molecule has 2 heterocycles. The zero-order valence-corrected chi connectivity index (χ0v) is 29.4. The van der Waals surface area contributed by atoms with Crippen LogP contribution in [-0.4, -0.2) is 12.4 Å². The Morgan fingerprint density at radius 1 is 0.377 bits per heavy atom. The average Bonchev–Trinajstić information content (AvgIpc) is 3.43. The maximum Gasteiger partial charge on any atom is 0.411 e. The first-order valence-electron chi connectivity index (χ1n) is 17.5. The third-order valence-electron chi connectivity index (χ3n) is 11.7. The van der Waals surface area contributed by atoms with Crippen molar-refractivity contribution >= 4 is 34.1 Å². The van der Waals surface area contributed by atoms with Gasteiger partial charge in [0, 0.05) is 22.2 Å². The standard InChI is InChI=1S/C45H34F6N2/c1-41(2)33-13-5-9-17-37(33)52(38-18-10-6-14-34(38)41)27-21-23-31-29(25-27)30-26-28(22-24-32(30)43(31,44(46,47)48)45(49,50)51)53-39-19-11-7-15-35(39)42(3,4)36-16-8-12-20-40(36)53/h5-26H,1-4H3. The highest BCUT2D eigenvalue weighted by molar-refractivity contribution is 5.93. The summed E-state index contributed by atoms with van der Waals surface area (Å²) in [5.41, 5.74) is 1.25. The van der Waals surface area contributed by atoms with Crippen molar-refractivity contribution in [3.05, 3.63) is 167 Å². The number of hydrogen-bond donors (Lipinski definition) is 0. The first-order valence-corrected chi connectivity index (χ1v) is 17.5. The van der Waals surface area contributed by atoms with E-state index in [1.54, 1.807) is 0 Å². The molecule has 2 aliphatic heterocycles. The Bertz CT molecular complexity index is 2200. The molecule has 266 valence electrons. The molecule has 0 saturated heterocycles. The van der Waals surface area contributed by atoms with E-state index in [1.807, 2.05) is 107 Å². The van der Waals surface area contributed by atoms with Crippen LogP contribution in [0.5, 0.6) is 0 Å². The van der Waals surface area contributed by atoms with Crippen LogP contribution in [0.2, 0.25) is 0 Å². The van der Waals surface area contributed by atoms with Crippen molar-refractivity contribution < 1.29 is 26.3 Å². The summed E-state index contributed by atoms with van der Waals surface area (Å²) in [6.07, 6.45) is -11.4. The lowest BCUT2D eigenvalue weighted by molar-refractivity contribution is -0.287. The molecule has 0 bridgehead atoms. The molecule has 6 aromatic rings. The molecular weight excluding hydrogens is 682 g/mol. The first-order chi connectivity index (χ1) is 25.1. The minimum atomic E-state index is -5.68. The molecule has 0 radical (unpaired) electrons. The predicted octanol–water partition coefficient (Wildman–Crippen LogP) is 13.3. The van der Waals surface area contributed by atoms with Gasteiger partial charge >= 0.3 is 12.4 Å². The van der Waals surface area contributed by atoms with Crippen molar-refractivity contribution in [1.82, 2.24) is 0 Å². The summed E-state index contributed by atoms with van der Waals surface area (Å²) in [5.74, 6) is 0. The van der Waals surface area contributed by atoms with E-state index in [0.29, 0.717) is 11.4 Å². The van der Waals surface area contributed by atoms with Gasteiger partial charge in [0.2, 0.25) is 5.41 Å². The topological polar surface area (TPSA) is 6.48 Å². The summed E-state index contributed by atoms with van der Waals surface area (Å²) < 4.78 is 92.4. The van der Waals surface area contributed by atoms with E-state index in [0.717, 1.165) is 57.1 Å². The van der Waals surface area contributed by atoms with E-state index < -0.39 is 39.7 Å². The van der Waals surface area contributed by atoms with Gasteiger partial charge in [0.1, 0.15) is 0 Å². The van der Waals surface area contributed by atoms with Crippen molar-refractivity contribution in [3.63, 3.8) is 0 Å². The number of halogens is 6. The summed E-state index contributed by atoms with van der Waals surface area (Å²) in [4.78, 5) is 3.89. The predicted molar refractivity (Wildman–Crippen MR) is 198 cm³/mol. The van der Waals surface area contributed by atoms with Gasteiger partial charge in [-0.3, -0.25) is 0 Å². The summed E-state index contributed by atoms with van der Waals surface area (Å²) in [6.45, 7) is 8.45. The van der Waals surface area contributed by atoms with E-state index in [1.165, 1.54) is 24.3 Å². The normalized spacial score (nSPS) is 17.2. The molecule has 3 aliphatic rings. The second-order valence-electron chi connectivity index (χ2n) is 15.2. The largest absolute Gasteiger partial charge is 0.411 e. The van der Waals surface area contributed by atoms with Crippen molar-refractivity contribution in [2.75, 3.05) is 9.80 Å². The Balaban J connectivity index is 1.32. The summed E-state index contributed by atoms with van der Waals surface area (Å²) >= 11 is 0. The quantitative estimate of drug-likeness (QED) is 0.165. The number of fused-ring (bicyclic) bond motifs is 7. The van der Waals surface area contributed by atoms with Gasteiger partial charge in [0.25, 0.3) is 0 Å². The van der Waals surface area contributed by atoms with E-state index in [9.17, 15) is 0 Å². The molecule has 0 saturated carbocycles. The van der Waals surface area contributed by atoms with E-state index >= 15 is 26.3 Å². The highest BCUT2D eigenvalue weighted by atomic mass is 19.4. The maximum atomic E-state index is 15.4. The molecule has 2 nitrogen and oxygen atoms in total. The molecular formula is C45H34F6N2. The second kappa shape index (κ2) is 10.8. The Morgan fingerprint density at radius 2 is 0.660 bits per heavy atom. The smallest absolute Gasteiger partial charge is 0.310 e. The Labute approximate surface area is 303 Å². The van der Waals surface area contributed by atoms with Crippen LogP contribution >= 0.6 is 0 Å². The number of nitrogens with zero attached hydrogens (tertiary/aromatic N) is 2. The van der Waals surface area contributed by atoms with Gasteiger partial charge in [-0.2, -0.15) is 26.3 Å². The van der Waals surface area contributed by atoms with Crippen molar-refractivity contribution in [2.45, 2.75) is 56.3 Å². The van der Waals surface area contributed by atoms with Crippen LogP contribution in [0, 0.1) is 0 Å². The fraction of sp³-hybridized carbons (Fsp3) is 0.200. The monoisotopic (exact) mass is 716 g/mol. The molecule has 0 fully saturated rings. The highest BCUT2D eigenvalue weighted by Gasteiger charge is 2.75. The van der Waals surface area contributed by atoms with Gasteiger partial charge in [-0.05, 0) is 93.0 Å². The van der Waals surface area contributed by atoms with Gasteiger partial charge in [-0.15, -0.1) is 0 Å². The van der Waals surface area contributed by atoms with Gasteiger partial charge < -0.3 is 9.80 Å². The number of hydrogen-bond acceptors (Lipinski definition) is 2. The molecule has 9 rings (SSSR count). The van der Waals surface area contributed by atoms with Crippen LogP contribution in [-0.2, 0) is 16.2 Å². The summed E-state index contributed by atoms with van der Waals surface area (Å²) in [5, 5.41) is 0. The lowest BCUT2D eigenvalue weighted by Gasteiger charge is -2.42. The summed E-state index contributed by atoms with van der Waals surface area (Å²) in [6, 6.07) is 39.0. The molecule has 0 amide bonds. The Hall–Kier alpha value is -5.50. The van der Waals surface area contributed by atoms with Gasteiger partial charge in [-0.25, -0.2) is 0 Å². The molecule has 1 aliphatic carbocycles. The molecule has 0 unspecified atom stereocenters. The molecule has 0 atom stereocenters. The molecule has 0 aromatic heterocycles. The minimum Gasteiger partial charge on any atom is -0.310 e. The lowest BCUT2D eigenvalue weighted by atomic mass is 9.73. The highest BCUT2D eigenvalue weighted by Crippen LogP contribution is 2.65. The molecule has 0 N–H and O–H groups in total. The molecule has 0 spiro atoms. The van der Waals surface area contributed by atoms with Crippen LogP contribution in [0.25, 0.3) is 11.1 Å². The van der Waals surface area contributed by atoms with Crippen molar-refractivity contribution in [1.29, 1.82) is 0 Å². The van der Waals surface area contributed by atoms with Crippen molar-refractivity contribution in [2.24, 2.45) is 0 Å².